The number of rotatable bonds is 6. The number of amides is 2. The Labute approximate surface area is 181 Å². The molecule has 0 spiro atoms. The highest BCUT2D eigenvalue weighted by atomic mass is 35.5. The monoisotopic (exact) mass is 418 g/mol. The highest BCUT2D eigenvalue weighted by molar-refractivity contribution is 6.30. The quantitative estimate of drug-likeness (QED) is 0.580. The second-order valence-electron chi connectivity index (χ2n) is 7.54. The molecule has 3 aromatic rings. The number of hydrogen-bond acceptors (Lipinski definition) is 2. The lowest BCUT2D eigenvalue weighted by Gasteiger charge is -2.29. The molecule has 5 heteroatoms. The standard InChI is InChI=1S/C25H23ClN2O2/c1-27(17-19-7-3-2-4-8-19)25(30)23-21-9-5-6-10-22(21)24(29)28(23)16-15-18-11-13-20(26)14-12-18/h2-14,23H,15-17H2,1H3. The molecule has 4 nitrogen and oxygen atoms in total. The van der Waals surface area contributed by atoms with E-state index in [9.17, 15) is 9.59 Å². The Morgan fingerprint density at radius 2 is 1.60 bits per heavy atom. The van der Waals surface area contributed by atoms with Crippen LogP contribution in [0.25, 0.3) is 0 Å². The van der Waals surface area contributed by atoms with Crippen LogP contribution in [0.2, 0.25) is 5.02 Å². The predicted molar refractivity (Wildman–Crippen MR) is 118 cm³/mol. The Kier molecular flexibility index (Phi) is 5.86. The molecule has 1 unspecified atom stereocenters. The summed E-state index contributed by atoms with van der Waals surface area (Å²) in [6, 6.07) is 24.3. The summed E-state index contributed by atoms with van der Waals surface area (Å²) in [6.07, 6.45) is 0.656. The van der Waals surface area contributed by atoms with Crippen molar-refractivity contribution < 1.29 is 9.59 Å². The Bertz CT molecular complexity index is 1050. The molecule has 0 bridgehead atoms. The van der Waals surface area contributed by atoms with E-state index >= 15 is 0 Å². The van der Waals surface area contributed by atoms with Gasteiger partial charge in [0, 0.05) is 30.7 Å². The molecule has 0 fully saturated rings. The van der Waals surface area contributed by atoms with Gasteiger partial charge in [-0.1, -0.05) is 72.3 Å². The minimum absolute atomic E-state index is 0.0757. The maximum atomic E-state index is 13.4. The number of carbonyl (C=O) groups excluding carboxylic acids is 2. The largest absolute Gasteiger partial charge is 0.339 e. The Hall–Kier alpha value is -3.11. The normalized spacial score (nSPS) is 15.2. The molecule has 0 saturated carbocycles. The molecule has 0 saturated heterocycles. The van der Waals surface area contributed by atoms with Gasteiger partial charge in [-0.2, -0.15) is 0 Å². The van der Waals surface area contributed by atoms with Gasteiger partial charge in [-0.25, -0.2) is 0 Å². The Morgan fingerprint density at radius 1 is 0.933 bits per heavy atom. The smallest absolute Gasteiger partial charge is 0.255 e. The van der Waals surface area contributed by atoms with Crippen molar-refractivity contribution in [1.29, 1.82) is 0 Å². The second kappa shape index (κ2) is 8.72. The molecule has 0 radical (unpaired) electrons. The van der Waals surface area contributed by atoms with Crippen molar-refractivity contribution in [1.82, 2.24) is 9.80 Å². The Morgan fingerprint density at radius 3 is 2.33 bits per heavy atom. The van der Waals surface area contributed by atoms with E-state index in [1.165, 1.54) is 0 Å². The molecule has 1 heterocycles. The van der Waals surface area contributed by atoms with Crippen molar-refractivity contribution in [2.24, 2.45) is 0 Å². The minimum atomic E-state index is -0.602. The second-order valence-corrected chi connectivity index (χ2v) is 7.98. The van der Waals surface area contributed by atoms with E-state index in [1.54, 1.807) is 22.9 Å². The highest BCUT2D eigenvalue weighted by Crippen LogP contribution is 2.35. The number of nitrogens with zero attached hydrogens (tertiary/aromatic N) is 2. The first-order valence-electron chi connectivity index (χ1n) is 9.98. The van der Waals surface area contributed by atoms with Gasteiger partial charge in [0.15, 0.2) is 0 Å². The molecule has 4 rings (SSSR count). The summed E-state index contributed by atoms with van der Waals surface area (Å²) < 4.78 is 0. The first-order valence-corrected chi connectivity index (χ1v) is 10.4. The van der Waals surface area contributed by atoms with Crippen molar-refractivity contribution in [3.05, 3.63) is 106 Å². The SMILES string of the molecule is CN(Cc1ccccc1)C(=O)C1c2ccccc2C(=O)N1CCc1ccc(Cl)cc1. The van der Waals surface area contributed by atoms with Gasteiger partial charge in [-0.05, 0) is 41.3 Å². The first-order chi connectivity index (χ1) is 14.5. The van der Waals surface area contributed by atoms with Crippen LogP contribution < -0.4 is 0 Å². The van der Waals surface area contributed by atoms with E-state index in [4.69, 9.17) is 11.6 Å². The van der Waals surface area contributed by atoms with Gasteiger partial charge in [0.2, 0.25) is 5.91 Å². The third-order valence-electron chi connectivity index (χ3n) is 5.49. The zero-order valence-corrected chi connectivity index (χ0v) is 17.5. The van der Waals surface area contributed by atoms with Crippen molar-refractivity contribution in [2.45, 2.75) is 19.0 Å². The van der Waals surface area contributed by atoms with Crippen molar-refractivity contribution in [3.8, 4) is 0 Å². The van der Waals surface area contributed by atoms with E-state index in [-0.39, 0.29) is 11.8 Å². The van der Waals surface area contributed by atoms with Gasteiger partial charge >= 0.3 is 0 Å². The molecule has 0 aliphatic carbocycles. The molecule has 0 N–H and O–H groups in total. The zero-order chi connectivity index (χ0) is 21.1. The number of benzene rings is 3. The van der Waals surface area contributed by atoms with Crippen LogP contribution in [0.1, 0.15) is 33.1 Å². The van der Waals surface area contributed by atoms with E-state index in [1.807, 2.05) is 72.8 Å². The van der Waals surface area contributed by atoms with Crippen LogP contribution in [-0.2, 0) is 17.8 Å². The molecule has 152 valence electrons. The fourth-order valence-electron chi connectivity index (χ4n) is 3.91. The number of hydrogen-bond donors (Lipinski definition) is 0. The number of likely N-dealkylation sites (N-methyl/N-ethyl adjacent to an activating group) is 1. The first kappa shape index (κ1) is 20.2. The zero-order valence-electron chi connectivity index (χ0n) is 16.8. The summed E-state index contributed by atoms with van der Waals surface area (Å²) in [5.41, 5.74) is 3.52. The maximum absolute atomic E-state index is 13.4. The number of fused-ring (bicyclic) bond motifs is 1. The topological polar surface area (TPSA) is 40.6 Å². The summed E-state index contributed by atoms with van der Waals surface area (Å²) in [6.45, 7) is 0.961. The van der Waals surface area contributed by atoms with Crippen molar-refractivity contribution in [3.63, 3.8) is 0 Å². The molecular weight excluding hydrogens is 396 g/mol. The van der Waals surface area contributed by atoms with Crippen LogP contribution in [-0.4, -0.2) is 35.2 Å². The maximum Gasteiger partial charge on any atom is 0.255 e. The molecule has 1 atom stereocenters. The molecule has 0 aromatic heterocycles. The fourth-order valence-corrected chi connectivity index (χ4v) is 4.04. The van der Waals surface area contributed by atoms with Gasteiger partial charge in [0.25, 0.3) is 5.91 Å². The van der Waals surface area contributed by atoms with Crippen LogP contribution >= 0.6 is 11.6 Å². The van der Waals surface area contributed by atoms with Gasteiger partial charge < -0.3 is 9.80 Å². The average Bonchev–Trinajstić information content (AvgIpc) is 3.05. The van der Waals surface area contributed by atoms with Gasteiger partial charge in [0.05, 0.1) is 0 Å². The Balaban J connectivity index is 1.57. The predicted octanol–water partition coefficient (Wildman–Crippen LogP) is 4.74. The molecule has 1 aliphatic heterocycles. The van der Waals surface area contributed by atoms with Crippen LogP contribution in [0.5, 0.6) is 0 Å². The summed E-state index contributed by atoms with van der Waals surface area (Å²) in [4.78, 5) is 29.9. The minimum Gasteiger partial charge on any atom is -0.339 e. The summed E-state index contributed by atoms with van der Waals surface area (Å²) in [5, 5.41) is 0.680. The molecule has 30 heavy (non-hydrogen) atoms. The van der Waals surface area contributed by atoms with Crippen LogP contribution in [0.15, 0.2) is 78.9 Å². The van der Waals surface area contributed by atoms with Crippen molar-refractivity contribution in [2.75, 3.05) is 13.6 Å². The molecule has 3 aromatic carbocycles. The van der Waals surface area contributed by atoms with Crippen LogP contribution in [0, 0.1) is 0 Å². The molecule has 2 amide bonds. The summed E-state index contributed by atoms with van der Waals surface area (Å²) >= 11 is 5.97. The summed E-state index contributed by atoms with van der Waals surface area (Å²) in [5.74, 6) is -0.167. The van der Waals surface area contributed by atoms with Crippen LogP contribution in [0.4, 0.5) is 0 Å². The fraction of sp³-hybridized carbons (Fsp3) is 0.200. The highest BCUT2D eigenvalue weighted by Gasteiger charge is 2.41. The molecular formula is C25H23ClN2O2. The van der Waals surface area contributed by atoms with E-state index in [2.05, 4.69) is 0 Å². The van der Waals surface area contributed by atoms with Gasteiger partial charge in [0.1, 0.15) is 6.04 Å². The van der Waals surface area contributed by atoms with Gasteiger partial charge in [-0.3, -0.25) is 9.59 Å². The summed E-state index contributed by atoms with van der Waals surface area (Å²) in [7, 11) is 1.79. The average molecular weight is 419 g/mol. The number of halogens is 1. The van der Waals surface area contributed by atoms with Gasteiger partial charge in [-0.15, -0.1) is 0 Å². The van der Waals surface area contributed by atoms with E-state index in [0.717, 1.165) is 16.7 Å². The third kappa shape index (κ3) is 4.10. The van der Waals surface area contributed by atoms with Crippen LogP contribution in [0.3, 0.4) is 0 Å². The lowest BCUT2D eigenvalue weighted by Crippen LogP contribution is -2.40. The van der Waals surface area contributed by atoms with Crippen molar-refractivity contribution >= 4 is 23.4 Å². The van der Waals surface area contributed by atoms with E-state index in [0.29, 0.717) is 30.1 Å². The number of carbonyl (C=O) groups is 2. The lowest BCUT2D eigenvalue weighted by atomic mass is 10.0. The lowest BCUT2D eigenvalue weighted by molar-refractivity contribution is -0.135. The third-order valence-corrected chi connectivity index (χ3v) is 5.74. The van der Waals surface area contributed by atoms with E-state index < -0.39 is 6.04 Å². The molecule has 1 aliphatic rings.